The number of nitro benzene ring substituents is 1. The first kappa shape index (κ1) is 10.8. The molecule has 1 rings (SSSR count). The minimum absolute atomic E-state index is 0.00838. The van der Waals surface area contributed by atoms with Gasteiger partial charge in [-0.05, 0) is 6.42 Å². The Balaban J connectivity index is 3.16. The zero-order valence-electron chi connectivity index (χ0n) is 7.27. The minimum Gasteiger partial charge on any atom is -0.298 e. The van der Waals surface area contributed by atoms with Gasteiger partial charge in [-0.25, -0.2) is 0 Å². The van der Waals surface area contributed by atoms with Gasteiger partial charge in [-0.15, -0.1) is 0 Å². The molecule has 0 spiro atoms. The Morgan fingerprint density at radius 1 is 1.50 bits per heavy atom. The van der Waals surface area contributed by atoms with E-state index in [-0.39, 0.29) is 5.69 Å². The number of hydrogen-bond donors (Lipinski definition) is 0. The summed E-state index contributed by atoms with van der Waals surface area (Å²) in [5.41, 5.74) is 0.974. The quantitative estimate of drug-likeness (QED) is 0.360. The van der Waals surface area contributed by atoms with Crippen LogP contribution in [0.15, 0.2) is 18.2 Å². The van der Waals surface area contributed by atoms with Crippen LogP contribution in [0.3, 0.4) is 0 Å². The van der Waals surface area contributed by atoms with Crippen molar-refractivity contribution in [1.29, 1.82) is 0 Å². The molecule has 0 radical (unpaired) electrons. The van der Waals surface area contributed by atoms with Gasteiger partial charge in [-0.2, -0.15) is 0 Å². The second-order valence-electron chi connectivity index (χ2n) is 2.70. The second-order valence-corrected chi connectivity index (χ2v) is 3.50. The van der Waals surface area contributed by atoms with E-state index in [9.17, 15) is 14.9 Å². The monoisotopic (exact) mass is 257 g/mol. The molecule has 74 valence electrons. The van der Waals surface area contributed by atoms with Crippen LogP contribution >= 0.6 is 15.9 Å². The highest BCUT2D eigenvalue weighted by Crippen LogP contribution is 2.20. The number of benzene rings is 1. The van der Waals surface area contributed by atoms with E-state index < -0.39 is 4.92 Å². The lowest BCUT2D eigenvalue weighted by molar-refractivity contribution is -0.385. The fourth-order valence-electron chi connectivity index (χ4n) is 1.14. The summed E-state index contributed by atoms with van der Waals surface area (Å²) >= 11 is 3.21. The fourth-order valence-corrected chi connectivity index (χ4v) is 1.56. The van der Waals surface area contributed by atoms with Crippen molar-refractivity contribution >= 4 is 27.9 Å². The fraction of sp³-hybridized carbons (Fsp3) is 0.222. The highest BCUT2D eigenvalue weighted by atomic mass is 79.9. The Morgan fingerprint density at radius 3 is 2.71 bits per heavy atom. The second kappa shape index (κ2) is 4.85. The average Bonchev–Trinajstić information content (AvgIpc) is 2.18. The van der Waals surface area contributed by atoms with Gasteiger partial charge in [0.15, 0.2) is 0 Å². The van der Waals surface area contributed by atoms with Gasteiger partial charge in [-0.1, -0.05) is 28.1 Å². The third kappa shape index (κ3) is 2.38. The van der Waals surface area contributed by atoms with E-state index in [1.807, 2.05) is 0 Å². The number of aldehydes is 1. The lowest BCUT2D eigenvalue weighted by atomic mass is 10.1. The van der Waals surface area contributed by atoms with Crippen molar-refractivity contribution in [3.05, 3.63) is 39.4 Å². The lowest BCUT2D eigenvalue weighted by Crippen LogP contribution is -1.97. The molecule has 0 N–H and O–H groups in total. The molecular formula is C9H8BrNO3. The molecule has 4 nitrogen and oxygen atoms in total. The van der Waals surface area contributed by atoms with Gasteiger partial charge < -0.3 is 0 Å². The Bertz CT molecular complexity index is 365. The van der Waals surface area contributed by atoms with Gasteiger partial charge in [-0.3, -0.25) is 14.9 Å². The molecule has 0 aliphatic rings. The Labute approximate surface area is 89.2 Å². The number of rotatable bonds is 4. The van der Waals surface area contributed by atoms with Crippen LogP contribution in [-0.4, -0.2) is 16.5 Å². The number of carbonyl (C=O) groups is 1. The van der Waals surface area contributed by atoms with Crippen LogP contribution in [0.4, 0.5) is 5.69 Å². The zero-order chi connectivity index (χ0) is 10.6. The number of nitro groups is 1. The zero-order valence-corrected chi connectivity index (χ0v) is 8.86. The van der Waals surface area contributed by atoms with Crippen LogP contribution in [0.25, 0.3) is 0 Å². The third-order valence-electron chi connectivity index (χ3n) is 1.81. The minimum atomic E-state index is -0.467. The van der Waals surface area contributed by atoms with Crippen molar-refractivity contribution in [2.75, 3.05) is 5.33 Å². The first-order valence-electron chi connectivity index (χ1n) is 3.97. The first-order valence-corrected chi connectivity index (χ1v) is 5.09. The molecule has 0 aliphatic carbocycles. The average molecular weight is 258 g/mol. The normalized spacial score (nSPS) is 9.79. The van der Waals surface area contributed by atoms with Crippen LogP contribution in [0, 0.1) is 10.1 Å². The van der Waals surface area contributed by atoms with Gasteiger partial charge in [0.25, 0.3) is 5.69 Å². The molecule has 0 fully saturated rings. The van der Waals surface area contributed by atoms with E-state index in [1.54, 1.807) is 12.1 Å². The molecule has 14 heavy (non-hydrogen) atoms. The summed E-state index contributed by atoms with van der Waals surface area (Å²) in [6.07, 6.45) is 1.18. The highest BCUT2D eigenvalue weighted by Gasteiger charge is 2.13. The molecule has 1 aromatic rings. The van der Waals surface area contributed by atoms with Crippen molar-refractivity contribution in [2.45, 2.75) is 6.42 Å². The molecule has 0 saturated carbocycles. The standard InChI is InChI=1S/C9H8BrNO3/c10-4-3-8-2-1-7(6-12)5-9(8)11(13)14/h1-2,5-6H,3-4H2. The number of nitrogens with zero attached hydrogens (tertiary/aromatic N) is 1. The Hall–Kier alpha value is -1.23. The summed E-state index contributed by atoms with van der Waals surface area (Å²) in [5, 5.41) is 11.3. The molecule has 1 aromatic carbocycles. The van der Waals surface area contributed by atoms with Gasteiger partial charge in [0.05, 0.1) is 4.92 Å². The number of hydrogen-bond acceptors (Lipinski definition) is 3. The maximum Gasteiger partial charge on any atom is 0.273 e. The van der Waals surface area contributed by atoms with Crippen LogP contribution in [-0.2, 0) is 6.42 Å². The summed E-state index contributed by atoms with van der Waals surface area (Å²) in [7, 11) is 0. The van der Waals surface area contributed by atoms with Crippen LogP contribution in [0.1, 0.15) is 15.9 Å². The van der Waals surface area contributed by atoms with Crippen LogP contribution in [0.5, 0.6) is 0 Å². The third-order valence-corrected chi connectivity index (χ3v) is 2.20. The SMILES string of the molecule is O=Cc1ccc(CCBr)c([N+](=O)[O-])c1. The largest absolute Gasteiger partial charge is 0.298 e. The van der Waals surface area contributed by atoms with Crippen molar-refractivity contribution in [3.63, 3.8) is 0 Å². The van der Waals surface area contributed by atoms with Gasteiger partial charge >= 0.3 is 0 Å². The summed E-state index contributed by atoms with van der Waals surface area (Å²) in [5.74, 6) is 0. The van der Waals surface area contributed by atoms with E-state index in [1.165, 1.54) is 6.07 Å². The lowest BCUT2D eigenvalue weighted by Gasteiger charge is -2.00. The molecule has 0 unspecified atom stereocenters. The van der Waals surface area contributed by atoms with Crippen molar-refractivity contribution in [2.24, 2.45) is 0 Å². The van der Waals surface area contributed by atoms with E-state index in [0.29, 0.717) is 29.2 Å². The molecule has 0 bridgehead atoms. The van der Waals surface area contributed by atoms with Gasteiger partial charge in [0.1, 0.15) is 6.29 Å². The molecule has 0 atom stereocenters. The maximum absolute atomic E-state index is 10.6. The van der Waals surface area contributed by atoms with E-state index in [4.69, 9.17) is 0 Å². The van der Waals surface area contributed by atoms with Gasteiger partial charge in [0, 0.05) is 22.5 Å². The highest BCUT2D eigenvalue weighted by molar-refractivity contribution is 9.09. The van der Waals surface area contributed by atoms with E-state index >= 15 is 0 Å². The molecule has 0 amide bonds. The molecule has 5 heteroatoms. The summed E-state index contributed by atoms with van der Waals surface area (Å²) in [6.45, 7) is 0. The number of carbonyl (C=O) groups excluding carboxylic acids is 1. The molecule has 0 saturated heterocycles. The van der Waals surface area contributed by atoms with Gasteiger partial charge in [0.2, 0.25) is 0 Å². The molecule has 0 heterocycles. The number of halogens is 1. The number of alkyl halides is 1. The van der Waals surface area contributed by atoms with E-state index in [2.05, 4.69) is 15.9 Å². The summed E-state index contributed by atoms with van der Waals surface area (Å²) in [6, 6.07) is 4.49. The summed E-state index contributed by atoms with van der Waals surface area (Å²) in [4.78, 5) is 20.6. The van der Waals surface area contributed by atoms with Crippen molar-refractivity contribution < 1.29 is 9.72 Å². The van der Waals surface area contributed by atoms with Crippen molar-refractivity contribution in [3.8, 4) is 0 Å². The summed E-state index contributed by atoms with van der Waals surface area (Å²) < 4.78 is 0. The molecular weight excluding hydrogens is 250 g/mol. The maximum atomic E-state index is 10.6. The predicted molar refractivity (Wildman–Crippen MR) is 56.0 cm³/mol. The topological polar surface area (TPSA) is 60.2 Å². The molecule has 0 aromatic heterocycles. The predicted octanol–water partition coefficient (Wildman–Crippen LogP) is 2.34. The Kier molecular flexibility index (Phi) is 3.76. The van der Waals surface area contributed by atoms with E-state index in [0.717, 1.165) is 0 Å². The van der Waals surface area contributed by atoms with Crippen LogP contribution in [0.2, 0.25) is 0 Å². The first-order chi connectivity index (χ1) is 6.69. The number of aryl methyl sites for hydroxylation is 1. The van der Waals surface area contributed by atoms with Crippen LogP contribution < -0.4 is 0 Å². The smallest absolute Gasteiger partial charge is 0.273 e. The molecule has 0 aliphatic heterocycles. The van der Waals surface area contributed by atoms with Crippen molar-refractivity contribution in [1.82, 2.24) is 0 Å². The Morgan fingerprint density at radius 2 is 2.21 bits per heavy atom.